The lowest BCUT2D eigenvalue weighted by Crippen LogP contribution is -2.40. The van der Waals surface area contributed by atoms with Crippen molar-refractivity contribution in [1.29, 1.82) is 0 Å². The van der Waals surface area contributed by atoms with Gasteiger partial charge in [0.2, 0.25) is 0 Å². The molecule has 3 aromatic carbocycles. The number of hydrogen-bond acceptors (Lipinski definition) is 9. The first-order chi connectivity index (χ1) is 20.7. The monoisotopic (exact) mass is 678 g/mol. The van der Waals surface area contributed by atoms with Crippen LogP contribution in [0.3, 0.4) is 0 Å². The van der Waals surface area contributed by atoms with Gasteiger partial charge in [-0.2, -0.15) is 0 Å². The molecule has 1 aliphatic heterocycles. The number of aromatic nitrogens is 1. The third kappa shape index (κ3) is 6.24. The number of halogens is 1. The van der Waals surface area contributed by atoms with Crippen molar-refractivity contribution >= 4 is 62.7 Å². The van der Waals surface area contributed by atoms with E-state index >= 15 is 0 Å². The molecule has 0 saturated carbocycles. The van der Waals surface area contributed by atoms with E-state index in [1.807, 2.05) is 60.9 Å². The van der Waals surface area contributed by atoms with Gasteiger partial charge in [0.15, 0.2) is 16.3 Å². The van der Waals surface area contributed by atoms with Gasteiger partial charge in [-0.25, -0.2) is 9.79 Å². The van der Waals surface area contributed by atoms with E-state index in [4.69, 9.17) is 19.2 Å². The zero-order valence-corrected chi connectivity index (χ0v) is 27.0. The Balaban J connectivity index is 1.78. The first-order valence-electron chi connectivity index (χ1n) is 13.2. The van der Waals surface area contributed by atoms with Gasteiger partial charge in [-0.1, -0.05) is 53.8 Å². The van der Waals surface area contributed by atoms with E-state index in [-0.39, 0.29) is 17.9 Å². The largest absolute Gasteiger partial charge is 0.493 e. The van der Waals surface area contributed by atoms with Crippen LogP contribution in [0.15, 0.2) is 91.5 Å². The fraction of sp³-hybridized carbons (Fsp3) is 0.188. The topological polar surface area (TPSA) is 96.2 Å². The van der Waals surface area contributed by atoms with Gasteiger partial charge in [0.25, 0.3) is 5.56 Å². The highest BCUT2D eigenvalue weighted by atomic mass is 79.9. The van der Waals surface area contributed by atoms with Crippen molar-refractivity contribution < 1.29 is 23.8 Å². The van der Waals surface area contributed by atoms with Gasteiger partial charge < -0.3 is 14.2 Å². The quantitative estimate of drug-likeness (QED) is 0.141. The van der Waals surface area contributed by atoms with Crippen LogP contribution in [0.2, 0.25) is 0 Å². The van der Waals surface area contributed by atoms with Gasteiger partial charge >= 0.3 is 11.9 Å². The number of hydrogen-bond donors (Lipinski definition) is 0. The van der Waals surface area contributed by atoms with E-state index in [0.29, 0.717) is 36.4 Å². The van der Waals surface area contributed by atoms with Crippen LogP contribution in [0.1, 0.15) is 36.6 Å². The molecule has 0 fully saturated rings. The van der Waals surface area contributed by atoms with Crippen molar-refractivity contribution in [3.8, 4) is 11.5 Å². The zero-order chi connectivity index (χ0) is 30.7. The number of methoxy groups -OCH3 is 1. The molecule has 1 aromatic heterocycles. The fourth-order valence-electron chi connectivity index (χ4n) is 4.76. The van der Waals surface area contributed by atoms with Crippen LogP contribution in [-0.2, 0) is 14.3 Å². The molecule has 1 aliphatic rings. The maximum atomic E-state index is 14.1. The first kappa shape index (κ1) is 30.5. The molecule has 8 nitrogen and oxygen atoms in total. The molecule has 11 heteroatoms. The number of thiazole rings is 1. The number of carbonyl (C=O) groups is 2. The number of carbonyl (C=O) groups excluding carboxylic acids is 2. The van der Waals surface area contributed by atoms with E-state index in [2.05, 4.69) is 15.9 Å². The Kier molecular flexibility index (Phi) is 9.34. The second kappa shape index (κ2) is 13.2. The number of nitrogens with zero attached hydrogens (tertiary/aromatic N) is 2. The van der Waals surface area contributed by atoms with E-state index < -0.39 is 18.0 Å². The average Bonchev–Trinajstić information content (AvgIpc) is 3.32. The maximum absolute atomic E-state index is 14.1. The van der Waals surface area contributed by atoms with Gasteiger partial charge in [0.05, 0.1) is 40.0 Å². The molecule has 1 atom stereocenters. The Morgan fingerprint density at radius 1 is 1.12 bits per heavy atom. The minimum Gasteiger partial charge on any atom is -0.493 e. The minimum atomic E-state index is -0.767. The van der Waals surface area contributed by atoms with Crippen molar-refractivity contribution in [3.05, 3.63) is 113 Å². The molecule has 2 heterocycles. The highest BCUT2D eigenvalue weighted by molar-refractivity contribution is 9.10. The number of esters is 2. The maximum Gasteiger partial charge on any atom is 0.338 e. The number of benzene rings is 3. The third-order valence-corrected chi connectivity index (χ3v) is 8.92. The summed E-state index contributed by atoms with van der Waals surface area (Å²) in [6, 6.07) is 19.9. The lowest BCUT2D eigenvalue weighted by Gasteiger charge is -2.26. The third-order valence-electron chi connectivity index (χ3n) is 6.60. The molecule has 0 bridgehead atoms. The van der Waals surface area contributed by atoms with Crippen molar-refractivity contribution in [2.24, 2.45) is 4.99 Å². The zero-order valence-electron chi connectivity index (χ0n) is 23.8. The summed E-state index contributed by atoms with van der Waals surface area (Å²) in [6.07, 6.45) is 3.71. The highest BCUT2D eigenvalue weighted by Gasteiger charge is 2.35. The molecule has 0 aliphatic carbocycles. The van der Waals surface area contributed by atoms with Crippen LogP contribution < -0.4 is 24.4 Å². The smallest absolute Gasteiger partial charge is 0.338 e. The Morgan fingerprint density at radius 2 is 1.84 bits per heavy atom. The van der Waals surface area contributed by atoms with Gasteiger partial charge in [-0.3, -0.25) is 14.2 Å². The predicted molar refractivity (Wildman–Crippen MR) is 171 cm³/mol. The lowest BCUT2D eigenvalue weighted by atomic mass is 9.93. The molecule has 0 saturated heterocycles. The van der Waals surface area contributed by atoms with Crippen LogP contribution in [-0.4, -0.2) is 36.5 Å². The summed E-state index contributed by atoms with van der Waals surface area (Å²) >= 11 is 6.27. The summed E-state index contributed by atoms with van der Waals surface area (Å²) in [5.41, 5.74) is 2.57. The molecule has 0 radical (unpaired) electrons. The predicted octanol–water partition coefficient (Wildman–Crippen LogP) is 5.35. The molecular weight excluding hydrogens is 652 g/mol. The van der Waals surface area contributed by atoms with Gasteiger partial charge in [-0.15, -0.1) is 11.8 Å². The summed E-state index contributed by atoms with van der Waals surface area (Å²) in [6.45, 7) is 3.23. The minimum absolute atomic E-state index is 0.174. The van der Waals surface area contributed by atoms with E-state index in [0.717, 1.165) is 16.0 Å². The van der Waals surface area contributed by atoms with Crippen molar-refractivity contribution in [2.45, 2.75) is 24.8 Å². The van der Waals surface area contributed by atoms with E-state index in [1.54, 1.807) is 41.5 Å². The van der Waals surface area contributed by atoms with Gasteiger partial charge in [0.1, 0.15) is 0 Å². The second-order valence-electron chi connectivity index (χ2n) is 9.33. The molecule has 0 spiro atoms. The van der Waals surface area contributed by atoms with Crippen LogP contribution in [0.5, 0.6) is 11.5 Å². The number of rotatable bonds is 8. The number of fused-ring (bicyclic) bond motifs is 1. The Bertz CT molecular complexity index is 1910. The van der Waals surface area contributed by atoms with E-state index in [9.17, 15) is 14.4 Å². The van der Waals surface area contributed by atoms with E-state index in [1.165, 1.54) is 25.4 Å². The highest BCUT2D eigenvalue weighted by Crippen LogP contribution is 2.38. The summed E-state index contributed by atoms with van der Waals surface area (Å²) in [7, 11) is 1.47. The fourth-order valence-corrected chi connectivity index (χ4v) is 6.71. The molecule has 0 unspecified atom stereocenters. The van der Waals surface area contributed by atoms with Crippen LogP contribution in [0, 0.1) is 0 Å². The molecule has 43 heavy (non-hydrogen) atoms. The lowest BCUT2D eigenvalue weighted by molar-refractivity contribution is -0.139. The van der Waals surface area contributed by atoms with Crippen molar-refractivity contribution in [2.75, 3.05) is 20.0 Å². The van der Waals surface area contributed by atoms with Crippen molar-refractivity contribution in [3.63, 3.8) is 0 Å². The normalized spacial score (nSPS) is 14.6. The summed E-state index contributed by atoms with van der Waals surface area (Å²) in [5.74, 6) is -0.453. The Labute approximate surface area is 264 Å². The van der Waals surface area contributed by atoms with Crippen LogP contribution in [0.25, 0.3) is 11.8 Å². The summed E-state index contributed by atoms with van der Waals surface area (Å²) < 4.78 is 18.7. The Hall–Kier alpha value is -3.93. The summed E-state index contributed by atoms with van der Waals surface area (Å²) in [4.78, 5) is 45.7. The molecular formula is C32H27BrN2O6S2. The number of ether oxygens (including phenoxy) is 3. The van der Waals surface area contributed by atoms with Gasteiger partial charge in [-0.05, 0) is 70.6 Å². The standard InChI is InChI=1S/C32H27BrN2O6S2/c1-5-40-31(38)26-27(20-9-7-6-8-10-20)34-32-35(28(26)21-11-13-22(42-4)14-12-21)30(37)25(43-32)17-19-15-23(33)29(41-18(2)36)24(16-19)39-3/h6-17,28H,5H2,1-4H3/b25-17-/t28-/m0/s1. The van der Waals surface area contributed by atoms with Crippen LogP contribution in [0.4, 0.5) is 0 Å². The van der Waals surface area contributed by atoms with Crippen LogP contribution >= 0.6 is 39.0 Å². The second-order valence-corrected chi connectivity index (χ2v) is 12.1. The molecule has 0 N–H and O–H groups in total. The molecule has 220 valence electrons. The SMILES string of the molecule is CCOC(=O)C1=C(c2ccccc2)N=c2s/c(=C\c3cc(Br)c(OC(C)=O)c(OC)c3)c(=O)n2[C@H]1c1ccc(SC)cc1. The molecule has 5 rings (SSSR count). The first-order valence-corrected chi connectivity index (χ1v) is 16.1. The molecule has 4 aromatic rings. The summed E-state index contributed by atoms with van der Waals surface area (Å²) in [5, 5.41) is 0. The van der Waals surface area contributed by atoms with Crippen molar-refractivity contribution in [1.82, 2.24) is 4.57 Å². The Morgan fingerprint density at radius 3 is 2.47 bits per heavy atom. The van der Waals surface area contributed by atoms with Gasteiger partial charge in [0, 0.05) is 17.4 Å². The number of thioether (sulfide) groups is 1. The molecule has 0 amide bonds. The average molecular weight is 680 g/mol.